The van der Waals surface area contributed by atoms with Gasteiger partial charge in [-0.2, -0.15) is 5.26 Å². The second-order valence-electron chi connectivity index (χ2n) is 3.11. The molecule has 0 saturated heterocycles. The highest BCUT2D eigenvalue weighted by Gasteiger charge is 2.28. The lowest BCUT2D eigenvalue weighted by Gasteiger charge is -2.35. The molecule has 0 aliphatic heterocycles. The topological polar surface area (TPSA) is 45.0 Å². The van der Waals surface area contributed by atoms with Gasteiger partial charge in [0.25, 0.3) is 0 Å². The van der Waals surface area contributed by atoms with Gasteiger partial charge in [-0.15, -0.1) is 0 Å². The van der Waals surface area contributed by atoms with Gasteiger partial charge in [0.05, 0.1) is 12.2 Å². The largest absolute Gasteiger partial charge is 0.378 e. The van der Waals surface area contributed by atoms with Crippen molar-refractivity contribution in [3.8, 4) is 6.07 Å². The molecule has 1 rings (SSSR count). The van der Waals surface area contributed by atoms with Crippen LogP contribution in [-0.2, 0) is 4.74 Å². The minimum atomic E-state index is 0.467. The molecule has 0 bridgehead atoms. The Morgan fingerprint density at radius 2 is 2.33 bits per heavy atom. The summed E-state index contributed by atoms with van der Waals surface area (Å²) in [6.45, 7) is 3.66. The van der Waals surface area contributed by atoms with Crippen LogP contribution in [0.5, 0.6) is 0 Å². The number of nitrogens with zero attached hydrogens (tertiary/aromatic N) is 1. The standard InChI is InChI=1S/C9H16N2O/c1-2-12-9-6-8(7-9)11-5-3-4-10/h8-9,11H,2-3,5-7H2,1H3. The van der Waals surface area contributed by atoms with Gasteiger partial charge in [-0.05, 0) is 19.8 Å². The van der Waals surface area contributed by atoms with Gasteiger partial charge in [0, 0.05) is 25.6 Å². The zero-order valence-corrected chi connectivity index (χ0v) is 7.55. The molecule has 1 fully saturated rings. The average Bonchev–Trinajstić information content (AvgIpc) is 2.00. The van der Waals surface area contributed by atoms with E-state index < -0.39 is 0 Å². The number of hydrogen-bond acceptors (Lipinski definition) is 3. The molecule has 1 aliphatic carbocycles. The fraction of sp³-hybridized carbons (Fsp3) is 0.889. The maximum absolute atomic E-state index is 8.29. The van der Waals surface area contributed by atoms with Crippen molar-refractivity contribution < 1.29 is 4.74 Å². The third kappa shape index (κ3) is 2.80. The number of hydrogen-bond donors (Lipinski definition) is 1. The second kappa shape index (κ2) is 5.13. The summed E-state index contributed by atoms with van der Waals surface area (Å²) < 4.78 is 5.41. The Labute approximate surface area is 73.7 Å². The molecule has 0 unspecified atom stereocenters. The number of ether oxygens (including phenoxy) is 1. The Morgan fingerprint density at radius 1 is 1.58 bits per heavy atom. The SMILES string of the molecule is CCOC1CC(NCCC#N)C1. The Balaban J connectivity index is 1.92. The fourth-order valence-corrected chi connectivity index (χ4v) is 1.44. The maximum Gasteiger partial charge on any atom is 0.0635 e. The summed E-state index contributed by atoms with van der Waals surface area (Å²) in [5, 5.41) is 11.6. The molecule has 0 aromatic rings. The van der Waals surface area contributed by atoms with Gasteiger partial charge < -0.3 is 10.1 Å². The zero-order chi connectivity index (χ0) is 8.81. The van der Waals surface area contributed by atoms with Gasteiger partial charge in [-0.1, -0.05) is 0 Å². The van der Waals surface area contributed by atoms with Crippen LogP contribution in [0.2, 0.25) is 0 Å². The van der Waals surface area contributed by atoms with Gasteiger partial charge >= 0.3 is 0 Å². The highest BCUT2D eigenvalue weighted by molar-refractivity contribution is 4.86. The van der Waals surface area contributed by atoms with Crippen LogP contribution in [0.25, 0.3) is 0 Å². The van der Waals surface area contributed by atoms with Gasteiger partial charge in [0.2, 0.25) is 0 Å². The zero-order valence-electron chi connectivity index (χ0n) is 7.55. The van der Waals surface area contributed by atoms with E-state index in [0.29, 0.717) is 18.6 Å². The van der Waals surface area contributed by atoms with Crippen molar-refractivity contribution in [1.82, 2.24) is 5.32 Å². The van der Waals surface area contributed by atoms with Crippen LogP contribution in [0, 0.1) is 11.3 Å². The van der Waals surface area contributed by atoms with Gasteiger partial charge in [-0.25, -0.2) is 0 Å². The summed E-state index contributed by atoms with van der Waals surface area (Å²) in [6.07, 6.45) is 3.29. The monoisotopic (exact) mass is 168 g/mol. The molecule has 3 nitrogen and oxygen atoms in total. The second-order valence-corrected chi connectivity index (χ2v) is 3.11. The minimum absolute atomic E-state index is 0.467. The van der Waals surface area contributed by atoms with E-state index >= 15 is 0 Å². The minimum Gasteiger partial charge on any atom is -0.378 e. The Morgan fingerprint density at radius 3 is 2.92 bits per heavy atom. The van der Waals surface area contributed by atoms with Crippen molar-refractivity contribution >= 4 is 0 Å². The molecule has 0 atom stereocenters. The molecule has 0 aromatic carbocycles. The molecular weight excluding hydrogens is 152 g/mol. The van der Waals surface area contributed by atoms with Crippen molar-refractivity contribution in [2.24, 2.45) is 0 Å². The average molecular weight is 168 g/mol. The fourth-order valence-electron chi connectivity index (χ4n) is 1.44. The number of rotatable bonds is 5. The van der Waals surface area contributed by atoms with E-state index in [-0.39, 0.29) is 0 Å². The lowest BCUT2D eigenvalue weighted by Crippen LogP contribution is -2.45. The van der Waals surface area contributed by atoms with E-state index in [9.17, 15) is 0 Å². The van der Waals surface area contributed by atoms with E-state index in [1.54, 1.807) is 0 Å². The highest BCUT2D eigenvalue weighted by Crippen LogP contribution is 2.22. The van der Waals surface area contributed by atoms with Crippen molar-refractivity contribution in [3.63, 3.8) is 0 Å². The van der Waals surface area contributed by atoms with Crippen molar-refractivity contribution in [2.45, 2.75) is 38.3 Å². The predicted molar refractivity (Wildman–Crippen MR) is 46.7 cm³/mol. The van der Waals surface area contributed by atoms with Crippen LogP contribution in [-0.4, -0.2) is 25.3 Å². The molecule has 1 saturated carbocycles. The van der Waals surface area contributed by atoms with E-state index in [0.717, 1.165) is 26.0 Å². The smallest absolute Gasteiger partial charge is 0.0635 e. The maximum atomic E-state index is 8.29. The van der Waals surface area contributed by atoms with Crippen LogP contribution >= 0.6 is 0 Å². The van der Waals surface area contributed by atoms with Gasteiger partial charge in [-0.3, -0.25) is 0 Å². The first-order valence-corrected chi connectivity index (χ1v) is 4.58. The third-order valence-electron chi connectivity index (χ3n) is 2.17. The summed E-state index contributed by atoms with van der Waals surface area (Å²) >= 11 is 0. The highest BCUT2D eigenvalue weighted by atomic mass is 16.5. The summed E-state index contributed by atoms with van der Waals surface area (Å²) in [4.78, 5) is 0. The molecule has 68 valence electrons. The number of nitriles is 1. The van der Waals surface area contributed by atoms with Crippen LogP contribution in [0.15, 0.2) is 0 Å². The summed E-state index contributed by atoms with van der Waals surface area (Å²) in [5.41, 5.74) is 0. The first-order chi connectivity index (χ1) is 5.86. The van der Waals surface area contributed by atoms with Crippen LogP contribution in [0.4, 0.5) is 0 Å². The Bertz CT molecular complexity index is 158. The van der Waals surface area contributed by atoms with Crippen LogP contribution < -0.4 is 5.32 Å². The third-order valence-corrected chi connectivity index (χ3v) is 2.17. The van der Waals surface area contributed by atoms with Crippen molar-refractivity contribution in [2.75, 3.05) is 13.2 Å². The lowest BCUT2D eigenvalue weighted by molar-refractivity contribution is -0.00954. The Kier molecular flexibility index (Phi) is 4.06. The normalized spacial score (nSPS) is 27.7. The van der Waals surface area contributed by atoms with Crippen molar-refractivity contribution in [3.05, 3.63) is 0 Å². The summed E-state index contributed by atoms with van der Waals surface area (Å²) in [6, 6.07) is 2.71. The molecule has 12 heavy (non-hydrogen) atoms. The molecule has 0 amide bonds. The first kappa shape index (κ1) is 9.50. The van der Waals surface area contributed by atoms with Gasteiger partial charge in [0.15, 0.2) is 0 Å². The lowest BCUT2D eigenvalue weighted by atomic mass is 9.89. The van der Waals surface area contributed by atoms with E-state index in [1.807, 2.05) is 6.92 Å². The summed E-state index contributed by atoms with van der Waals surface area (Å²) in [7, 11) is 0. The molecule has 3 heteroatoms. The van der Waals surface area contributed by atoms with Crippen LogP contribution in [0.3, 0.4) is 0 Å². The molecular formula is C9H16N2O. The molecule has 1 aliphatic rings. The number of nitrogens with one attached hydrogen (secondary N) is 1. The molecule has 0 spiro atoms. The molecule has 0 radical (unpaired) electrons. The van der Waals surface area contributed by atoms with Crippen molar-refractivity contribution in [1.29, 1.82) is 5.26 Å². The predicted octanol–water partition coefficient (Wildman–Crippen LogP) is 1.06. The van der Waals surface area contributed by atoms with E-state index in [4.69, 9.17) is 10.00 Å². The van der Waals surface area contributed by atoms with Gasteiger partial charge in [0.1, 0.15) is 0 Å². The van der Waals surface area contributed by atoms with E-state index in [2.05, 4.69) is 11.4 Å². The van der Waals surface area contributed by atoms with E-state index in [1.165, 1.54) is 0 Å². The van der Waals surface area contributed by atoms with Crippen LogP contribution in [0.1, 0.15) is 26.2 Å². The molecule has 0 heterocycles. The first-order valence-electron chi connectivity index (χ1n) is 4.58. The Hall–Kier alpha value is -0.590. The summed E-state index contributed by atoms with van der Waals surface area (Å²) in [5.74, 6) is 0. The molecule has 1 N–H and O–H groups in total. The molecule has 0 aromatic heterocycles. The quantitative estimate of drug-likeness (QED) is 0.624.